The molecular formula is C32H60N2O8S2. The third-order valence-electron chi connectivity index (χ3n) is 7.12. The monoisotopic (exact) mass is 664 g/mol. The first kappa shape index (κ1) is 42.2. The molecule has 0 aliphatic heterocycles. The summed E-state index contributed by atoms with van der Waals surface area (Å²) in [6, 6.07) is 5.75. The maximum absolute atomic E-state index is 12.4. The lowest BCUT2D eigenvalue weighted by atomic mass is 10.0. The van der Waals surface area contributed by atoms with E-state index >= 15 is 0 Å². The molecule has 0 aliphatic rings. The quantitative estimate of drug-likeness (QED) is 0.0728. The summed E-state index contributed by atoms with van der Waals surface area (Å²) in [6.45, 7) is 3.40. The molecule has 10 nitrogen and oxygen atoms in total. The molecule has 12 heteroatoms. The van der Waals surface area contributed by atoms with Crippen LogP contribution in [0.1, 0.15) is 116 Å². The van der Waals surface area contributed by atoms with Crippen LogP contribution >= 0.6 is 0 Å². The van der Waals surface area contributed by atoms with Crippen molar-refractivity contribution in [2.24, 2.45) is 0 Å². The van der Waals surface area contributed by atoms with Gasteiger partial charge in [0, 0.05) is 38.5 Å². The summed E-state index contributed by atoms with van der Waals surface area (Å²) in [5.41, 5.74) is 0. The Morgan fingerprint density at radius 2 is 1.23 bits per heavy atom. The van der Waals surface area contributed by atoms with Gasteiger partial charge in [0.1, 0.15) is 19.3 Å². The van der Waals surface area contributed by atoms with Crippen molar-refractivity contribution in [3.05, 3.63) is 30.6 Å². The number of sulfone groups is 1. The number of hydrogen-bond acceptors (Lipinski definition) is 8. The number of nitrogens with one attached hydrogen (secondary N) is 1. The number of methoxy groups -OCH3 is 1. The van der Waals surface area contributed by atoms with Crippen molar-refractivity contribution in [1.29, 1.82) is 0 Å². The number of carbonyl (C=O) groups is 1. The zero-order valence-corrected chi connectivity index (χ0v) is 29.2. The molecule has 1 aromatic heterocycles. The van der Waals surface area contributed by atoms with E-state index in [-0.39, 0.29) is 18.1 Å². The van der Waals surface area contributed by atoms with Crippen LogP contribution < -0.4 is 9.88 Å². The molecule has 1 heterocycles. The Labute approximate surface area is 268 Å². The maximum Gasteiger partial charge on any atom is 0.407 e. The Kier molecular flexibility index (Phi) is 26.4. The van der Waals surface area contributed by atoms with Crippen LogP contribution in [0.25, 0.3) is 0 Å². The molecule has 1 aromatic rings. The number of unbranched alkanes of at least 4 members (excludes halogenated alkanes) is 15. The van der Waals surface area contributed by atoms with Crippen LogP contribution in [0.2, 0.25) is 0 Å². The molecule has 258 valence electrons. The van der Waals surface area contributed by atoms with Gasteiger partial charge >= 0.3 is 6.09 Å². The fourth-order valence-corrected chi connectivity index (χ4v) is 6.22. The first-order valence-electron chi connectivity index (χ1n) is 16.5. The molecule has 1 unspecified atom stereocenters. The van der Waals surface area contributed by atoms with E-state index in [9.17, 15) is 13.2 Å². The van der Waals surface area contributed by atoms with Crippen molar-refractivity contribution in [3.63, 3.8) is 0 Å². The molecule has 0 aliphatic carbocycles. The number of amides is 1. The van der Waals surface area contributed by atoms with E-state index in [1.807, 2.05) is 35.2 Å². The van der Waals surface area contributed by atoms with Crippen molar-refractivity contribution in [2.45, 2.75) is 129 Å². The predicted octanol–water partition coefficient (Wildman–Crippen LogP) is 5.94. The van der Waals surface area contributed by atoms with Crippen molar-refractivity contribution in [1.82, 2.24) is 5.32 Å². The Morgan fingerprint density at radius 1 is 0.773 bits per heavy atom. The van der Waals surface area contributed by atoms with Gasteiger partial charge in [0.2, 0.25) is 0 Å². The number of rotatable bonds is 26. The molecule has 0 bridgehead atoms. The van der Waals surface area contributed by atoms with Gasteiger partial charge in [0.15, 0.2) is 22.2 Å². The first-order chi connectivity index (χ1) is 21.0. The number of hydrogen-bond donors (Lipinski definition) is 1. The van der Waals surface area contributed by atoms with Crippen LogP contribution in [-0.2, 0) is 36.0 Å². The smallest absolute Gasteiger partial charge is 0.407 e. The second kappa shape index (κ2) is 27.5. The lowest BCUT2D eigenvalue weighted by molar-refractivity contribution is -0.696. The van der Waals surface area contributed by atoms with Crippen molar-refractivity contribution >= 4 is 26.0 Å². The topological polar surface area (TPSA) is 143 Å². The first-order valence-corrected chi connectivity index (χ1v) is 20.1. The fourth-order valence-electron chi connectivity index (χ4n) is 4.68. The van der Waals surface area contributed by atoms with Gasteiger partial charge in [0.05, 0.1) is 21.6 Å². The highest BCUT2D eigenvalue weighted by molar-refractivity contribution is 7.91. The minimum absolute atomic E-state index is 0.0696. The Morgan fingerprint density at radius 3 is 1.68 bits per heavy atom. The van der Waals surface area contributed by atoms with Crippen LogP contribution in [0, 0.1) is 0 Å². The standard InChI is InChI=1S/C31H56N2O5S.CH4O3S/c1-3-4-5-6-7-8-9-10-11-12-13-14-15-16-17-19-23-32-31(34)38-28-30(37-2)29-39(35,36)27-22-26-33-24-20-18-21-25-33;1-5(2,3)4/h18,20-21,24-25,30H,3-17,19,22-23,26-29H2,1-2H3;1H3,(H,2,3,4). The third kappa shape index (κ3) is 31.7. The van der Waals surface area contributed by atoms with Gasteiger partial charge in [-0.1, -0.05) is 109 Å². The normalized spacial score (nSPS) is 12.3. The highest BCUT2D eigenvalue weighted by Crippen LogP contribution is 2.13. The number of nitrogens with zero attached hydrogens (tertiary/aromatic N) is 1. The van der Waals surface area contributed by atoms with Gasteiger partial charge in [-0.05, 0) is 6.42 Å². The summed E-state index contributed by atoms with van der Waals surface area (Å²) in [7, 11) is -5.78. The van der Waals surface area contributed by atoms with Crippen molar-refractivity contribution in [3.8, 4) is 0 Å². The van der Waals surface area contributed by atoms with Crippen LogP contribution in [0.5, 0.6) is 0 Å². The van der Waals surface area contributed by atoms with Gasteiger partial charge in [-0.2, -0.15) is 0 Å². The Balaban J connectivity index is 0.00000340. The summed E-state index contributed by atoms with van der Waals surface area (Å²) < 4.78 is 64.5. The van der Waals surface area contributed by atoms with E-state index in [1.54, 1.807) is 0 Å². The van der Waals surface area contributed by atoms with E-state index in [1.165, 1.54) is 97.0 Å². The van der Waals surface area contributed by atoms with E-state index in [0.717, 1.165) is 12.8 Å². The van der Waals surface area contributed by atoms with Crippen molar-refractivity contribution < 1.29 is 40.2 Å². The molecule has 1 rings (SSSR count). The zero-order valence-electron chi connectivity index (χ0n) is 27.6. The minimum atomic E-state index is -3.92. The second-order valence-electron chi connectivity index (χ2n) is 11.5. The average Bonchev–Trinajstić information content (AvgIpc) is 2.96. The summed E-state index contributed by atoms with van der Waals surface area (Å²) >= 11 is 0. The largest absolute Gasteiger partial charge is 0.748 e. The fraction of sp³-hybridized carbons (Fsp3) is 0.812. The Bertz CT molecular complexity index is 1010. The number of ether oxygens (including phenoxy) is 2. The number of aryl methyl sites for hydroxylation is 1. The zero-order chi connectivity index (χ0) is 32.9. The molecule has 1 amide bonds. The molecule has 0 aromatic carbocycles. The number of aromatic nitrogens is 1. The molecule has 0 spiro atoms. The van der Waals surface area contributed by atoms with E-state index in [2.05, 4.69) is 12.2 Å². The minimum Gasteiger partial charge on any atom is -0.748 e. The van der Waals surface area contributed by atoms with Crippen LogP contribution in [0.4, 0.5) is 4.79 Å². The van der Waals surface area contributed by atoms with Gasteiger partial charge in [-0.3, -0.25) is 0 Å². The number of carbonyl (C=O) groups excluding carboxylic acids is 1. The lowest BCUT2D eigenvalue weighted by Crippen LogP contribution is -2.35. The third-order valence-corrected chi connectivity index (χ3v) is 8.91. The lowest BCUT2D eigenvalue weighted by Gasteiger charge is -2.16. The van der Waals surface area contributed by atoms with Crippen LogP contribution in [0.3, 0.4) is 0 Å². The molecule has 0 saturated carbocycles. The van der Waals surface area contributed by atoms with Crippen molar-refractivity contribution in [2.75, 3.05) is 38.0 Å². The highest BCUT2D eigenvalue weighted by atomic mass is 32.2. The van der Waals surface area contributed by atoms with Gasteiger partial charge in [-0.15, -0.1) is 0 Å². The maximum atomic E-state index is 12.4. The number of alkyl carbamates (subject to hydrolysis) is 1. The average molecular weight is 665 g/mol. The van der Waals surface area contributed by atoms with Crippen LogP contribution in [-0.4, -0.2) is 71.6 Å². The van der Waals surface area contributed by atoms with E-state index < -0.39 is 32.2 Å². The molecule has 1 atom stereocenters. The molecule has 0 fully saturated rings. The Hall–Kier alpha value is -1.76. The summed E-state index contributed by atoms with van der Waals surface area (Å²) in [6.07, 6.45) is 24.8. The van der Waals surface area contributed by atoms with E-state index in [0.29, 0.717) is 25.8 Å². The molecule has 1 N–H and O–H groups in total. The van der Waals surface area contributed by atoms with E-state index in [4.69, 9.17) is 22.4 Å². The number of pyridine rings is 1. The van der Waals surface area contributed by atoms with Gasteiger partial charge in [0.25, 0.3) is 0 Å². The molecule has 44 heavy (non-hydrogen) atoms. The SMILES string of the molecule is CCCCCCCCCCCCCCCCCCNC(=O)OCC(CS(=O)(=O)CCC[n+]1ccccc1)OC.CS(=O)(=O)[O-]. The van der Waals surface area contributed by atoms with Gasteiger partial charge < -0.3 is 19.3 Å². The highest BCUT2D eigenvalue weighted by Gasteiger charge is 2.21. The van der Waals surface area contributed by atoms with Gasteiger partial charge in [-0.25, -0.2) is 26.2 Å². The predicted molar refractivity (Wildman–Crippen MR) is 175 cm³/mol. The summed E-state index contributed by atoms with van der Waals surface area (Å²) in [5.74, 6) is -0.0877. The van der Waals surface area contributed by atoms with Crippen LogP contribution in [0.15, 0.2) is 30.6 Å². The molecule has 0 radical (unpaired) electrons. The molecular weight excluding hydrogens is 604 g/mol. The summed E-state index contributed by atoms with van der Waals surface area (Å²) in [5, 5.41) is 2.76. The molecule has 0 saturated heterocycles. The second-order valence-corrected chi connectivity index (χ2v) is 15.1. The summed E-state index contributed by atoms with van der Waals surface area (Å²) in [4.78, 5) is 12.0.